The molecular weight excluding hydrogens is 198 g/mol. The summed E-state index contributed by atoms with van der Waals surface area (Å²) in [6, 6.07) is 8.76. The van der Waals surface area contributed by atoms with Crippen LogP contribution in [0.4, 0.5) is 0 Å². The molecule has 1 aromatic heterocycles. The van der Waals surface area contributed by atoms with Gasteiger partial charge in [-0.1, -0.05) is 37.8 Å². The number of aryl methyl sites for hydroxylation is 1. The third-order valence-corrected chi connectivity index (χ3v) is 4.95. The predicted molar refractivity (Wildman–Crippen MR) is 70.6 cm³/mol. The number of benzene rings is 1. The Morgan fingerprint density at radius 2 is 1.80 bits per heavy atom. The Kier molecular flexibility index (Phi) is 2.47. The maximum atomic E-state index is 2.41. The van der Waals surface area contributed by atoms with Gasteiger partial charge >= 0.3 is 0 Å². The number of hydrogen-bond acceptors (Lipinski definition) is 0. The molecule has 0 aliphatic heterocycles. The van der Waals surface area contributed by atoms with Crippen LogP contribution in [-0.2, 0) is 6.54 Å². The molecule has 2 rings (SSSR count). The van der Waals surface area contributed by atoms with Crippen LogP contribution in [0, 0.1) is 0 Å². The van der Waals surface area contributed by atoms with E-state index in [-0.39, 0.29) is 0 Å². The lowest BCUT2D eigenvalue weighted by Gasteiger charge is -2.14. The zero-order valence-electron chi connectivity index (χ0n) is 10.0. The summed E-state index contributed by atoms with van der Waals surface area (Å²) in [6.45, 7) is 10.5. The molecule has 0 saturated heterocycles. The second-order valence-electron chi connectivity index (χ2n) is 5.10. The van der Waals surface area contributed by atoms with Crippen molar-refractivity contribution in [1.29, 1.82) is 0 Å². The topological polar surface area (TPSA) is 4.93 Å². The van der Waals surface area contributed by atoms with Crippen molar-refractivity contribution in [2.24, 2.45) is 0 Å². The Morgan fingerprint density at radius 3 is 2.40 bits per heavy atom. The van der Waals surface area contributed by atoms with Crippen LogP contribution in [0.25, 0.3) is 10.9 Å². The molecule has 1 heterocycles. The molecule has 1 aromatic carbocycles. The molecule has 0 atom stereocenters. The molecule has 0 spiro atoms. The number of para-hydroxylation sites is 1. The van der Waals surface area contributed by atoms with Crippen molar-refractivity contribution in [3.05, 3.63) is 30.5 Å². The van der Waals surface area contributed by atoms with Crippen molar-refractivity contribution in [2.45, 2.75) is 33.1 Å². The van der Waals surface area contributed by atoms with Gasteiger partial charge in [-0.15, -0.1) is 0 Å². The van der Waals surface area contributed by atoms with E-state index in [4.69, 9.17) is 0 Å². The van der Waals surface area contributed by atoms with Crippen LogP contribution < -0.4 is 5.19 Å². The highest BCUT2D eigenvalue weighted by molar-refractivity contribution is 6.90. The molecule has 0 aliphatic carbocycles. The molecule has 0 amide bonds. The Hall–Kier alpha value is -1.02. The highest BCUT2D eigenvalue weighted by Crippen LogP contribution is 2.17. The smallest absolute Gasteiger partial charge is 0.0804 e. The average molecular weight is 217 g/mol. The quantitative estimate of drug-likeness (QED) is 0.681. The first-order valence-electron chi connectivity index (χ1n) is 5.62. The monoisotopic (exact) mass is 217 g/mol. The lowest BCUT2D eigenvalue weighted by Crippen LogP contribution is -2.37. The predicted octanol–water partition coefficient (Wildman–Crippen LogP) is 3.21. The van der Waals surface area contributed by atoms with Gasteiger partial charge in [-0.3, -0.25) is 0 Å². The minimum atomic E-state index is -1.21. The van der Waals surface area contributed by atoms with Crippen molar-refractivity contribution in [2.75, 3.05) is 0 Å². The molecule has 0 N–H and O–H groups in total. The van der Waals surface area contributed by atoms with E-state index in [0.29, 0.717) is 0 Å². The Labute approximate surface area is 92.7 Å². The minimum Gasteiger partial charge on any atom is -0.348 e. The van der Waals surface area contributed by atoms with Gasteiger partial charge in [0, 0.05) is 18.3 Å². The van der Waals surface area contributed by atoms with Crippen molar-refractivity contribution < 1.29 is 0 Å². The van der Waals surface area contributed by atoms with E-state index in [9.17, 15) is 0 Å². The highest BCUT2D eigenvalue weighted by atomic mass is 28.3. The van der Waals surface area contributed by atoms with E-state index in [1.165, 1.54) is 10.9 Å². The minimum absolute atomic E-state index is 1.06. The van der Waals surface area contributed by atoms with E-state index in [1.807, 2.05) is 0 Å². The molecule has 0 aliphatic rings. The zero-order valence-corrected chi connectivity index (χ0v) is 11.0. The van der Waals surface area contributed by atoms with E-state index in [0.717, 1.165) is 6.54 Å². The normalized spacial score (nSPS) is 12.3. The Balaban J connectivity index is 2.76. The van der Waals surface area contributed by atoms with Crippen LogP contribution in [0.1, 0.15) is 6.92 Å². The third-order valence-electron chi connectivity index (χ3n) is 2.94. The first kappa shape index (κ1) is 10.5. The van der Waals surface area contributed by atoms with Crippen molar-refractivity contribution in [3.63, 3.8) is 0 Å². The number of nitrogens with zero attached hydrogens (tertiary/aromatic N) is 1. The molecule has 2 aromatic rings. The van der Waals surface area contributed by atoms with Gasteiger partial charge in [0.25, 0.3) is 0 Å². The van der Waals surface area contributed by atoms with Gasteiger partial charge in [0.1, 0.15) is 0 Å². The summed E-state index contributed by atoms with van der Waals surface area (Å²) in [4.78, 5) is 0. The van der Waals surface area contributed by atoms with Gasteiger partial charge in [-0.25, -0.2) is 0 Å². The molecule has 1 nitrogen and oxygen atoms in total. The van der Waals surface area contributed by atoms with Gasteiger partial charge in [-0.05, 0) is 23.6 Å². The average Bonchev–Trinajstić information content (AvgIpc) is 2.55. The summed E-state index contributed by atoms with van der Waals surface area (Å²) in [5.41, 5.74) is 1.39. The maximum absolute atomic E-state index is 2.41. The fourth-order valence-electron chi connectivity index (χ4n) is 2.11. The van der Waals surface area contributed by atoms with Gasteiger partial charge < -0.3 is 4.57 Å². The van der Waals surface area contributed by atoms with Gasteiger partial charge in [0.05, 0.1) is 8.07 Å². The number of fused-ring (bicyclic) bond motifs is 1. The van der Waals surface area contributed by atoms with Gasteiger partial charge in [0.2, 0.25) is 0 Å². The van der Waals surface area contributed by atoms with Crippen LogP contribution in [0.2, 0.25) is 19.6 Å². The second-order valence-corrected chi connectivity index (χ2v) is 10.1. The standard InChI is InChI=1S/C13H19NSi/c1-5-14-10-13(15(2,3)4)11-8-6-7-9-12(11)14/h6-10H,5H2,1-4H3. The SMILES string of the molecule is CCn1cc([Si](C)(C)C)c2ccccc21. The van der Waals surface area contributed by atoms with Gasteiger partial charge in [0.15, 0.2) is 0 Å². The van der Waals surface area contributed by atoms with Crippen molar-refractivity contribution >= 4 is 24.2 Å². The lowest BCUT2D eigenvalue weighted by atomic mass is 10.2. The summed E-state index contributed by atoms with van der Waals surface area (Å²) < 4.78 is 2.36. The molecule has 15 heavy (non-hydrogen) atoms. The Bertz CT molecular complexity index is 477. The third kappa shape index (κ3) is 1.74. The molecular formula is C13H19NSi. The van der Waals surface area contributed by atoms with Crippen LogP contribution in [0.3, 0.4) is 0 Å². The molecule has 0 radical (unpaired) electrons. The molecule has 0 fully saturated rings. The first-order valence-corrected chi connectivity index (χ1v) is 9.12. The van der Waals surface area contributed by atoms with E-state index < -0.39 is 8.07 Å². The summed E-state index contributed by atoms with van der Waals surface area (Å²) in [7, 11) is -1.21. The molecule has 2 heteroatoms. The fourth-order valence-corrected chi connectivity index (χ4v) is 3.67. The first-order chi connectivity index (χ1) is 7.04. The van der Waals surface area contributed by atoms with E-state index in [2.05, 4.69) is 61.6 Å². The lowest BCUT2D eigenvalue weighted by molar-refractivity contribution is 0.799. The zero-order chi connectivity index (χ0) is 11.1. The number of hydrogen-bond donors (Lipinski definition) is 0. The van der Waals surface area contributed by atoms with Gasteiger partial charge in [-0.2, -0.15) is 0 Å². The van der Waals surface area contributed by atoms with Crippen LogP contribution in [0.15, 0.2) is 30.5 Å². The molecule has 0 bridgehead atoms. The highest BCUT2D eigenvalue weighted by Gasteiger charge is 2.21. The van der Waals surface area contributed by atoms with Crippen LogP contribution in [0.5, 0.6) is 0 Å². The summed E-state index contributed by atoms with van der Waals surface area (Å²) in [6.07, 6.45) is 2.36. The summed E-state index contributed by atoms with van der Waals surface area (Å²) in [5.74, 6) is 0. The number of rotatable bonds is 2. The second kappa shape index (κ2) is 3.53. The molecule has 80 valence electrons. The Morgan fingerprint density at radius 1 is 1.13 bits per heavy atom. The maximum Gasteiger partial charge on any atom is 0.0804 e. The number of aromatic nitrogens is 1. The van der Waals surface area contributed by atoms with Crippen LogP contribution >= 0.6 is 0 Å². The summed E-state index contributed by atoms with van der Waals surface area (Å²) in [5, 5.41) is 3.04. The fraction of sp³-hybridized carbons (Fsp3) is 0.385. The molecule has 0 saturated carbocycles. The van der Waals surface area contributed by atoms with Crippen LogP contribution in [-0.4, -0.2) is 12.6 Å². The van der Waals surface area contributed by atoms with E-state index >= 15 is 0 Å². The summed E-state index contributed by atoms with van der Waals surface area (Å²) >= 11 is 0. The van der Waals surface area contributed by atoms with Crippen molar-refractivity contribution in [3.8, 4) is 0 Å². The largest absolute Gasteiger partial charge is 0.348 e. The van der Waals surface area contributed by atoms with E-state index in [1.54, 1.807) is 5.19 Å². The van der Waals surface area contributed by atoms with Crippen molar-refractivity contribution in [1.82, 2.24) is 4.57 Å². The molecule has 0 unspecified atom stereocenters.